The molecule has 0 bridgehead atoms. The number of fused-ring (bicyclic) bond motifs is 3. The summed E-state index contributed by atoms with van der Waals surface area (Å²) >= 11 is 5.77. The van der Waals surface area contributed by atoms with E-state index in [-0.39, 0.29) is 19.1 Å². The number of aromatic amines is 1. The van der Waals surface area contributed by atoms with E-state index >= 15 is 0 Å². The van der Waals surface area contributed by atoms with Crippen molar-refractivity contribution >= 4 is 33.9 Å². The molecule has 0 aliphatic carbocycles. The van der Waals surface area contributed by atoms with Gasteiger partial charge in [0.25, 0.3) is 5.56 Å². The second kappa shape index (κ2) is 8.84. The molecule has 3 aromatic carbocycles. The Balaban J connectivity index is 1.32. The van der Waals surface area contributed by atoms with Crippen LogP contribution < -0.4 is 29.8 Å². The molecule has 0 spiro atoms. The summed E-state index contributed by atoms with van der Waals surface area (Å²) in [6.45, 7) is 1.15. The topological polar surface area (TPSA) is 85.1 Å². The van der Waals surface area contributed by atoms with Gasteiger partial charge in [0.05, 0.1) is 12.1 Å². The van der Waals surface area contributed by atoms with Crippen LogP contribution in [-0.4, -0.2) is 28.6 Å². The maximum absolute atomic E-state index is 13.0. The molecule has 8 nitrogen and oxygen atoms in total. The molecular weight excluding hydrogens is 466 g/mol. The molecule has 0 saturated carbocycles. The number of pyridine rings is 1. The summed E-state index contributed by atoms with van der Waals surface area (Å²) in [5, 5.41) is 4.63. The normalized spacial score (nSPS) is 13.1. The molecule has 0 saturated heterocycles. The van der Waals surface area contributed by atoms with Crippen LogP contribution in [0.4, 0.5) is 5.69 Å². The smallest absolute Gasteiger partial charge is 0.253 e. The number of rotatable bonds is 5. The average molecular weight is 488 g/mol. The van der Waals surface area contributed by atoms with Gasteiger partial charge in [-0.05, 0) is 54.2 Å². The van der Waals surface area contributed by atoms with E-state index in [0.29, 0.717) is 46.5 Å². The molecule has 0 atom stereocenters. The second-order valence-corrected chi connectivity index (χ2v) is 8.64. The zero-order valence-electron chi connectivity index (χ0n) is 18.6. The SMILES string of the molecule is O=c1[nH]c2cc3c(cc2cc1CN(Cc1ccc2c(c1)OCO2)C(=S)Nc1ccccc1)OCO3. The fraction of sp³-hybridized carbons (Fsp3) is 0.154. The van der Waals surface area contributed by atoms with Crippen molar-refractivity contribution < 1.29 is 18.9 Å². The van der Waals surface area contributed by atoms with Gasteiger partial charge in [0.2, 0.25) is 13.6 Å². The quantitative estimate of drug-likeness (QED) is 0.401. The Hall–Kier alpha value is -4.24. The molecule has 2 N–H and O–H groups in total. The van der Waals surface area contributed by atoms with E-state index in [1.54, 1.807) is 6.07 Å². The number of benzene rings is 3. The van der Waals surface area contributed by atoms with Gasteiger partial charge in [-0.25, -0.2) is 0 Å². The van der Waals surface area contributed by atoms with Crippen molar-refractivity contribution in [2.24, 2.45) is 0 Å². The number of nitrogens with zero attached hydrogens (tertiary/aromatic N) is 1. The number of thiocarbonyl (C=S) groups is 1. The standard InChI is InChI=1S/C26H21N3O5S/c30-25-18(9-17-10-23-24(34-15-33-23)11-20(17)28-25)13-29(26(35)27-19-4-2-1-3-5-19)12-16-6-7-21-22(8-16)32-14-31-21/h1-11H,12-15H2,(H,27,35)(H,28,30). The molecule has 4 aromatic rings. The van der Waals surface area contributed by atoms with Gasteiger partial charge in [0, 0.05) is 29.2 Å². The Morgan fingerprint density at radius 2 is 1.57 bits per heavy atom. The van der Waals surface area contributed by atoms with Crippen molar-refractivity contribution in [1.29, 1.82) is 0 Å². The van der Waals surface area contributed by atoms with Gasteiger partial charge < -0.3 is 34.1 Å². The van der Waals surface area contributed by atoms with Crippen molar-refractivity contribution in [3.05, 3.63) is 88.2 Å². The molecule has 0 radical (unpaired) electrons. The number of ether oxygens (including phenoxy) is 4. The minimum Gasteiger partial charge on any atom is -0.454 e. The molecule has 35 heavy (non-hydrogen) atoms. The molecule has 1 aromatic heterocycles. The van der Waals surface area contributed by atoms with Crippen LogP contribution in [0.25, 0.3) is 10.9 Å². The van der Waals surface area contributed by atoms with Gasteiger partial charge in [0.1, 0.15) is 0 Å². The fourth-order valence-electron chi connectivity index (χ4n) is 4.15. The van der Waals surface area contributed by atoms with Crippen molar-refractivity contribution in [3.8, 4) is 23.0 Å². The Morgan fingerprint density at radius 3 is 2.37 bits per heavy atom. The summed E-state index contributed by atoms with van der Waals surface area (Å²) in [4.78, 5) is 17.9. The zero-order valence-corrected chi connectivity index (χ0v) is 19.4. The summed E-state index contributed by atoms with van der Waals surface area (Å²) in [6, 6.07) is 21.0. The highest BCUT2D eigenvalue weighted by Crippen LogP contribution is 2.35. The van der Waals surface area contributed by atoms with Crippen LogP contribution in [0.3, 0.4) is 0 Å². The highest BCUT2D eigenvalue weighted by molar-refractivity contribution is 7.80. The molecule has 2 aliphatic heterocycles. The lowest BCUT2D eigenvalue weighted by Crippen LogP contribution is -2.35. The summed E-state index contributed by atoms with van der Waals surface area (Å²) in [6.07, 6.45) is 0. The Morgan fingerprint density at radius 1 is 0.857 bits per heavy atom. The number of H-pyrrole nitrogens is 1. The maximum atomic E-state index is 13.0. The van der Waals surface area contributed by atoms with E-state index in [4.69, 9.17) is 31.2 Å². The van der Waals surface area contributed by atoms with Crippen LogP contribution in [0.15, 0.2) is 71.5 Å². The fourth-order valence-corrected chi connectivity index (χ4v) is 4.39. The van der Waals surface area contributed by atoms with Crippen molar-refractivity contribution in [2.75, 3.05) is 18.9 Å². The van der Waals surface area contributed by atoms with E-state index in [1.165, 1.54) is 0 Å². The highest BCUT2D eigenvalue weighted by atomic mass is 32.1. The Bertz CT molecular complexity index is 1490. The number of hydrogen-bond acceptors (Lipinski definition) is 6. The van der Waals surface area contributed by atoms with Crippen LogP contribution in [0, 0.1) is 0 Å². The summed E-state index contributed by atoms with van der Waals surface area (Å²) in [7, 11) is 0. The molecular formula is C26H21N3O5S. The van der Waals surface area contributed by atoms with Gasteiger partial charge >= 0.3 is 0 Å². The molecule has 0 fully saturated rings. The Labute approximate surface area is 206 Å². The van der Waals surface area contributed by atoms with Crippen molar-refractivity contribution in [3.63, 3.8) is 0 Å². The van der Waals surface area contributed by atoms with Gasteiger partial charge in [-0.3, -0.25) is 4.79 Å². The number of aromatic nitrogens is 1. The van der Waals surface area contributed by atoms with Crippen LogP contribution in [-0.2, 0) is 13.1 Å². The summed E-state index contributed by atoms with van der Waals surface area (Å²) in [5.41, 5.74) is 2.93. The van der Waals surface area contributed by atoms with E-state index in [1.807, 2.05) is 65.6 Å². The molecule has 3 heterocycles. The lowest BCUT2D eigenvalue weighted by atomic mass is 10.1. The highest BCUT2D eigenvalue weighted by Gasteiger charge is 2.19. The Kier molecular flexibility index (Phi) is 5.38. The first-order valence-corrected chi connectivity index (χ1v) is 11.5. The van der Waals surface area contributed by atoms with Gasteiger partial charge in [-0.1, -0.05) is 24.3 Å². The van der Waals surface area contributed by atoms with Gasteiger partial charge in [-0.15, -0.1) is 0 Å². The largest absolute Gasteiger partial charge is 0.454 e. The van der Waals surface area contributed by atoms with Crippen molar-refractivity contribution in [1.82, 2.24) is 9.88 Å². The first kappa shape index (κ1) is 21.3. The third-order valence-corrected chi connectivity index (χ3v) is 6.26. The molecule has 0 amide bonds. The zero-order chi connectivity index (χ0) is 23.8. The second-order valence-electron chi connectivity index (χ2n) is 8.26. The van der Waals surface area contributed by atoms with E-state index < -0.39 is 0 Å². The number of anilines is 1. The minimum atomic E-state index is -0.186. The van der Waals surface area contributed by atoms with Gasteiger partial charge in [0.15, 0.2) is 28.1 Å². The van der Waals surface area contributed by atoms with Gasteiger partial charge in [-0.2, -0.15) is 0 Å². The summed E-state index contributed by atoms with van der Waals surface area (Å²) < 4.78 is 21.9. The molecule has 176 valence electrons. The minimum absolute atomic E-state index is 0.172. The summed E-state index contributed by atoms with van der Waals surface area (Å²) in [5.74, 6) is 2.70. The van der Waals surface area contributed by atoms with E-state index in [9.17, 15) is 4.79 Å². The van der Waals surface area contributed by atoms with Crippen LogP contribution in [0.1, 0.15) is 11.1 Å². The number of para-hydroxylation sites is 1. The molecule has 0 unspecified atom stereocenters. The predicted molar refractivity (Wildman–Crippen MR) is 135 cm³/mol. The molecule has 6 rings (SSSR count). The number of hydrogen-bond donors (Lipinski definition) is 2. The van der Waals surface area contributed by atoms with Crippen LogP contribution >= 0.6 is 12.2 Å². The van der Waals surface area contributed by atoms with Crippen LogP contribution in [0.2, 0.25) is 0 Å². The predicted octanol–water partition coefficient (Wildman–Crippen LogP) is 4.38. The number of nitrogens with one attached hydrogen (secondary N) is 2. The van der Waals surface area contributed by atoms with E-state index in [2.05, 4.69) is 10.3 Å². The molecule has 2 aliphatic rings. The lowest BCUT2D eigenvalue weighted by Gasteiger charge is -2.26. The average Bonchev–Trinajstić information content (AvgIpc) is 3.52. The monoisotopic (exact) mass is 487 g/mol. The first-order chi connectivity index (χ1) is 17.1. The van der Waals surface area contributed by atoms with Crippen LogP contribution in [0.5, 0.6) is 23.0 Å². The van der Waals surface area contributed by atoms with Crippen molar-refractivity contribution in [2.45, 2.75) is 13.1 Å². The third kappa shape index (κ3) is 4.33. The maximum Gasteiger partial charge on any atom is 0.253 e. The third-order valence-electron chi connectivity index (χ3n) is 5.90. The molecule has 9 heteroatoms. The lowest BCUT2D eigenvalue weighted by molar-refractivity contribution is 0.173. The first-order valence-electron chi connectivity index (χ1n) is 11.1. The van der Waals surface area contributed by atoms with E-state index in [0.717, 1.165) is 22.4 Å².